The van der Waals surface area contributed by atoms with Gasteiger partial charge in [0, 0.05) is 4.47 Å². The molecule has 0 saturated heterocycles. The lowest BCUT2D eigenvalue weighted by molar-refractivity contribution is 0.0698. The van der Waals surface area contributed by atoms with Crippen LogP contribution in [0.4, 0.5) is 10.1 Å². The van der Waals surface area contributed by atoms with E-state index >= 15 is 0 Å². The predicted molar refractivity (Wildman–Crippen MR) is 83.2 cm³/mol. The van der Waals surface area contributed by atoms with Gasteiger partial charge in [-0.2, -0.15) is 0 Å². The monoisotopic (exact) mass is 415 g/mol. The van der Waals surface area contributed by atoms with E-state index in [4.69, 9.17) is 5.11 Å². The van der Waals surface area contributed by atoms with Crippen LogP contribution in [-0.2, 0) is 0 Å². The smallest absolute Gasteiger partial charge is 0.337 e. The summed E-state index contributed by atoms with van der Waals surface area (Å²) in [5.74, 6) is -2.64. The Labute approximate surface area is 136 Å². The van der Waals surface area contributed by atoms with Gasteiger partial charge in [-0.05, 0) is 56.1 Å². The Morgan fingerprint density at radius 3 is 2.19 bits per heavy atom. The molecule has 0 fully saturated rings. The largest absolute Gasteiger partial charge is 0.478 e. The van der Waals surface area contributed by atoms with Gasteiger partial charge in [0.1, 0.15) is 5.82 Å². The molecule has 1 amide bonds. The van der Waals surface area contributed by atoms with Crippen LogP contribution < -0.4 is 5.32 Å². The number of hydrogen-bond acceptors (Lipinski definition) is 2. The summed E-state index contributed by atoms with van der Waals surface area (Å²) in [6.07, 6.45) is 0. The number of anilines is 1. The normalized spacial score (nSPS) is 10.2. The summed E-state index contributed by atoms with van der Waals surface area (Å²) in [4.78, 5) is 23.3. The lowest BCUT2D eigenvalue weighted by Gasteiger charge is -2.11. The molecule has 108 valence electrons. The van der Waals surface area contributed by atoms with Crippen LogP contribution in [0, 0.1) is 5.82 Å². The minimum atomic E-state index is -1.19. The van der Waals surface area contributed by atoms with Gasteiger partial charge in [-0.3, -0.25) is 4.79 Å². The maximum atomic E-state index is 13.9. The second-order valence-electron chi connectivity index (χ2n) is 4.02. The Morgan fingerprint density at radius 2 is 1.57 bits per heavy atom. The zero-order valence-electron chi connectivity index (χ0n) is 10.4. The third kappa shape index (κ3) is 3.30. The summed E-state index contributed by atoms with van der Waals surface area (Å²) < 4.78 is 14.4. The Kier molecular flexibility index (Phi) is 4.74. The van der Waals surface area contributed by atoms with Crippen molar-refractivity contribution in [3.05, 3.63) is 62.3 Å². The molecule has 0 radical (unpaired) electrons. The van der Waals surface area contributed by atoms with E-state index in [0.717, 1.165) is 0 Å². The summed E-state index contributed by atoms with van der Waals surface area (Å²) >= 11 is 6.16. The summed E-state index contributed by atoms with van der Waals surface area (Å²) in [6.45, 7) is 0. The van der Waals surface area contributed by atoms with Crippen molar-refractivity contribution in [1.29, 1.82) is 0 Å². The van der Waals surface area contributed by atoms with E-state index in [0.29, 0.717) is 4.47 Å². The van der Waals surface area contributed by atoms with Crippen molar-refractivity contribution in [2.75, 3.05) is 5.32 Å². The molecule has 2 rings (SSSR count). The molecule has 2 aromatic carbocycles. The minimum Gasteiger partial charge on any atom is -0.478 e. The van der Waals surface area contributed by atoms with E-state index in [1.807, 2.05) is 0 Å². The summed E-state index contributed by atoms with van der Waals surface area (Å²) in [5, 5.41) is 11.5. The van der Waals surface area contributed by atoms with Crippen LogP contribution in [-0.4, -0.2) is 17.0 Å². The summed E-state index contributed by atoms with van der Waals surface area (Å²) in [6, 6.07) is 8.75. The summed E-state index contributed by atoms with van der Waals surface area (Å²) in [7, 11) is 0. The number of aromatic carboxylic acids is 1. The number of carboxylic acids is 1. The zero-order chi connectivity index (χ0) is 15.6. The molecule has 0 aromatic heterocycles. The maximum Gasteiger partial charge on any atom is 0.337 e. The number of amides is 1. The number of carbonyl (C=O) groups is 2. The molecule has 0 aliphatic rings. The molecule has 21 heavy (non-hydrogen) atoms. The van der Waals surface area contributed by atoms with Crippen molar-refractivity contribution in [2.24, 2.45) is 0 Å². The number of benzene rings is 2. The zero-order valence-corrected chi connectivity index (χ0v) is 13.5. The van der Waals surface area contributed by atoms with Gasteiger partial charge in [0.2, 0.25) is 0 Å². The molecule has 4 nitrogen and oxygen atoms in total. The Bertz CT molecular complexity index is 734. The van der Waals surface area contributed by atoms with Crippen molar-refractivity contribution in [3.63, 3.8) is 0 Å². The van der Waals surface area contributed by atoms with Crippen LogP contribution in [0.5, 0.6) is 0 Å². The van der Waals surface area contributed by atoms with Crippen LogP contribution in [0.25, 0.3) is 0 Å². The van der Waals surface area contributed by atoms with Gasteiger partial charge < -0.3 is 10.4 Å². The van der Waals surface area contributed by atoms with E-state index in [-0.39, 0.29) is 21.3 Å². The number of nitrogens with one attached hydrogen (secondary N) is 1. The van der Waals surface area contributed by atoms with Crippen molar-refractivity contribution in [3.8, 4) is 0 Å². The molecule has 0 unspecified atom stereocenters. The standard InChI is InChI=1S/C14H8Br2FNO3/c15-9-5-1-3-7(11(9)17)13(19)18-12-8(14(20)21)4-2-6-10(12)16/h1-6H,(H,18,19)(H,20,21). The van der Waals surface area contributed by atoms with Crippen molar-refractivity contribution < 1.29 is 19.1 Å². The Morgan fingerprint density at radius 1 is 1.00 bits per heavy atom. The fourth-order valence-electron chi connectivity index (χ4n) is 1.69. The van der Waals surface area contributed by atoms with E-state index in [9.17, 15) is 14.0 Å². The highest BCUT2D eigenvalue weighted by molar-refractivity contribution is 9.10. The van der Waals surface area contributed by atoms with Gasteiger partial charge in [-0.15, -0.1) is 0 Å². The lowest BCUT2D eigenvalue weighted by Crippen LogP contribution is -2.16. The SMILES string of the molecule is O=C(Nc1c(Br)cccc1C(=O)O)c1cccc(Br)c1F. The molecule has 0 spiro atoms. The Hall–Kier alpha value is -1.73. The molecule has 0 aliphatic heterocycles. The molecule has 0 bridgehead atoms. The average Bonchev–Trinajstić information content (AvgIpc) is 2.43. The molecular formula is C14H8Br2FNO3. The van der Waals surface area contributed by atoms with Crippen LogP contribution in [0.1, 0.15) is 20.7 Å². The highest BCUT2D eigenvalue weighted by Gasteiger charge is 2.19. The molecule has 0 saturated carbocycles. The molecule has 0 aliphatic carbocycles. The third-order valence-electron chi connectivity index (χ3n) is 2.68. The molecule has 0 heterocycles. The van der Waals surface area contributed by atoms with E-state index in [2.05, 4.69) is 37.2 Å². The van der Waals surface area contributed by atoms with Gasteiger partial charge in [-0.25, -0.2) is 9.18 Å². The van der Waals surface area contributed by atoms with E-state index in [1.54, 1.807) is 6.07 Å². The first kappa shape index (κ1) is 15.7. The number of rotatable bonds is 3. The van der Waals surface area contributed by atoms with Crippen LogP contribution in [0.3, 0.4) is 0 Å². The second kappa shape index (κ2) is 6.36. The van der Waals surface area contributed by atoms with Crippen molar-refractivity contribution in [2.45, 2.75) is 0 Å². The topological polar surface area (TPSA) is 66.4 Å². The van der Waals surface area contributed by atoms with Crippen LogP contribution in [0.2, 0.25) is 0 Å². The number of hydrogen-bond donors (Lipinski definition) is 2. The highest BCUT2D eigenvalue weighted by atomic mass is 79.9. The highest BCUT2D eigenvalue weighted by Crippen LogP contribution is 2.28. The Balaban J connectivity index is 2.41. The number of carbonyl (C=O) groups excluding carboxylic acids is 1. The predicted octanol–water partition coefficient (Wildman–Crippen LogP) is 4.30. The van der Waals surface area contributed by atoms with Gasteiger partial charge >= 0.3 is 5.97 Å². The van der Waals surface area contributed by atoms with Gasteiger partial charge in [0.05, 0.1) is 21.3 Å². The molecule has 2 aromatic rings. The van der Waals surface area contributed by atoms with Crippen molar-refractivity contribution in [1.82, 2.24) is 0 Å². The number of halogens is 3. The fourth-order valence-corrected chi connectivity index (χ4v) is 2.52. The van der Waals surface area contributed by atoms with E-state index in [1.165, 1.54) is 30.3 Å². The number of para-hydroxylation sites is 1. The summed E-state index contributed by atoms with van der Waals surface area (Å²) in [5.41, 5.74) is -0.195. The average molecular weight is 417 g/mol. The first-order chi connectivity index (χ1) is 9.91. The van der Waals surface area contributed by atoms with Gasteiger partial charge in [-0.1, -0.05) is 12.1 Å². The van der Waals surface area contributed by atoms with Crippen LogP contribution in [0.15, 0.2) is 45.3 Å². The minimum absolute atomic E-state index is 0.0781. The van der Waals surface area contributed by atoms with Crippen molar-refractivity contribution >= 4 is 49.4 Å². The molecule has 0 atom stereocenters. The first-order valence-electron chi connectivity index (χ1n) is 5.69. The van der Waals surface area contributed by atoms with Gasteiger partial charge in [0.15, 0.2) is 0 Å². The molecular weight excluding hydrogens is 409 g/mol. The molecule has 2 N–H and O–H groups in total. The first-order valence-corrected chi connectivity index (χ1v) is 7.27. The number of carboxylic acid groups (broad SMARTS) is 1. The lowest BCUT2D eigenvalue weighted by atomic mass is 10.1. The van der Waals surface area contributed by atoms with Gasteiger partial charge in [0.25, 0.3) is 5.91 Å². The second-order valence-corrected chi connectivity index (χ2v) is 5.73. The van der Waals surface area contributed by atoms with E-state index < -0.39 is 17.7 Å². The quantitative estimate of drug-likeness (QED) is 0.783. The van der Waals surface area contributed by atoms with Crippen LogP contribution >= 0.6 is 31.9 Å². The fraction of sp³-hybridized carbons (Fsp3) is 0. The third-order valence-corrected chi connectivity index (χ3v) is 3.95. The maximum absolute atomic E-state index is 13.9. The molecule has 7 heteroatoms.